The van der Waals surface area contributed by atoms with Crippen molar-refractivity contribution in [1.82, 2.24) is 0 Å². The molecule has 0 amide bonds. The molecule has 0 bridgehead atoms. The van der Waals surface area contributed by atoms with Gasteiger partial charge in [-0.1, -0.05) is 88.4 Å². The van der Waals surface area contributed by atoms with Gasteiger partial charge in [0.15, 0.2) is 0 Å². The summed E-state index contributed by atoms with van der Waals surface area (Å²) in [4.78, 5) is 0. The molecule has 124 valence electrons. The highest BCUT2D eigenvalue weighted by molar-refractivity contribution is 5.92. The third-order valence-electron chi connectivity index (χ3n) is 5.29. The van der Waals surface area contributed by atoms with E-state index in [-0.39, 0.29) is 5.41 Å². The Morgan fingerprint density at radius 3 is 1.96 bits per heavy atom. The summed E-state index contributed by atoms with van der Waals surface area (Å²) in [5.74, 6) is 0. The average molecular weight is 316 g/mol. The molecule has 0 aromatic heterocycles. The van der Waals surface area contributed by atoms with Crippen LogP contribution in [0.1, 0.15) is 56.4 Å². The number of hydrogen-bond donors (Lipinski definition) is 0. The fourth-order valence-electron chi connectivity index (χ4n) is 4.50. The van der Waals surface area contributed by atoms with Crippen LogP contribution >= 0.6 is 0 Å². The molecule has 0 unspecified atom stereocenters. The standard InChI is InChI=1S/C20H16.2C2H6/c1-2-7-15-13-20(12-14(15)6-1)18-10-4-3-8-16(18)17-9-5-11-19(17)20;2*1-2/h1-4,6-11H,5,12-13H2;2*1-2H3. The number of benzene rings is 2. The van der Waals surface area contributed by atoms with Crippen LogP contribution in [0.5, 0.6) is 0 Å². The van der Waals surface area contributed by atoms with Gasteiger partial charge in [0.25, 0.3) is 0 Å². The Balaban J connectivity index is 0.000000396. The summed E-state index contributed by atoms with van der Waals surface area (Å²) < 4.78 is 0. The molecule has 0 radical (unpaired) electrons. The Morgan fingerprint density at radius 1 is 0.708 bits per heavy atom. The molecule has 0 heterocycles. The van der Waals surface area contributed by atoms with Crippen LogP contribution < -0.4 is 0 Å². The number of hydrogen-bond acceptors (Lipinski definition) is 0. The molecule has 5 rings (SSSR count). The first-order chi connectivity index (χ1) is 11.9. The van der Waals surface area contributed by atoms with E-state index >= 15 is 0 Å². The van der Waals surface area contributed by atoms with Gasteiger partial charge in [0, 0.05) is 5.41 Å². The molecule has 1 spiro atoms. The first-order valence-corrected chi connectivity index (χ1v) is 9.46. The summed E-state index contributed by atoms with van der Waals surface area (Å²) >= 11 is 0. The maximum atomic E-state index is 2.46. The van der Waals surface area contributed by atoms with Gasteiger partial charge in [-0.2, -0.15) is 0 Å². The van der Waals surface area contributed by atoms with Crippen molar-refractivity contribution in [2.24, 2.45) is 0 Å². The minimum Gasteiger partial charge on any atom is -0.0760 e. The first-order valence-electron chi connectivity index (χ1n) is 9.46. The van der Waals surface area contributed by atoms with Crippen LogP contribution in [0.4, 0.5) is 0 Å². The Hall–Kier alpha value is -2.08. The van der Waals surface area contributed by atoms with Gasteiger partial charge in [-0.3, -0.25) is 0 Å². The molecule has 0 atom stereocenters. The van der Waals surface area contributed by atoms with E-state index in [9.17, 15) is 0 Å². The van der Waals surface area contributed by atoms with Gasteiger partial charge >= 0.3 is 0 Å². The van der Waals surface area contributed by atoms with Crippen molar-refractivity contribution in [1.29, 1.82) is 0 Å². The second kappa shape index (κ2) is 6.81. The van der Waals surface area contributed by atoms with Crippen molar-refractivity contribution in [3.63, 3.8) is 0 Å². The molecule has 0 fully saturated rings. The molecule has 2 aromatic rings. The smallest absolute Gasteiger partial charge is 0.0292 e. The number of fused-ring (bicyclic) bond motifs is 6. The Bertz CT molecular complexity index is 764. The molecule has 3 aliphatic rings. The molecule has 0 nitrogen and oxygen atoms in total. The fraction of sp³-hybridized carbons (Fsp3) is 0.333. The van der Waals surface area contributed by atoms with Gasteiger partial charge in [-0.15, -0.1) is 0 Å². The van der Waals surface area contributed by atoms with Gasteiger partial charge in [-0.25, -0.2) is 0 Å². The average Bonchev–Trinajstić information content (AvgIpc) is 3.35. The largest absolute Gasteiger partial charge is 0.0760 e. The Labute approximate surface area is 146 Å². The highest BCUT2D eigenvalue weighted by Crippen LogP contribution is 2.57. The van der Waals surface area contributed by atoms with Crippen LogP contribution in [0.2, 0.25) is 0 Å². The second-order valence-corrected chi connectivity index (χ2v) is 6.22. The zero-order valence-electron chi connectivity index (χ0n) is 15.4. The summed E-state index contributed by atoms with van der Waals surface area (Å²) in [5.41, 5.74) is 9.43. The normalized spacial score (nSPS) is 17.5. The predicted octanol–water partition coefficient (Wildman–Crippen LogP) is 6.50. The van der Waals surface area contributed by atoms with Gasteiger partial charge in [0.2, 0.25) is 0 Å². The van der Waals surface area contributed by atoms with Crippen molar-refractivity contribution >= 4 is 5.57 Å². The fourth-order valence-corrected chi connectivity index (χ4v) is 4.50. The summed E-state index contributed by atoms with van der Waals surface area (Å²) in [5, 5.41) is 0. The van der Waals surface area contributed by atoms with E-state index in [0.29, 0.717) is 0 Å². The van der Waals surface area contributed by atoms with Crippen LogP contribution in [-0.2, 0) is 18.3 Å². The molecular weight excluding hydrogens is 288 g/mol. The van der Waals surface area contributed by atoms with E-state index in [2.05, 4.69) is 60.7 Å². The topological polar surface area (TPSA) is 0 Å². The van der Waals surface area contributed by atoms with Crippen LogP contribution in [0.3, 0.4) is 0 Å². The quantitative estimate of drug-likeness (QED) is 0.520. The lowest BCUT2D eigenvalue weighted by atomic mass is 9.76. The van der Waals surface area contributed by atoms with E-state index in [1.807, 2.05) is 27.7 Å². The lowest BCUT2D eigenvalue weighted by Gasteiger charge is -2.26. The summed E-state index contributed by atoms with van der Waals surface area (Å²) in [6.45, 7) is 8.00. The van der Waals surface area contributed by atoms with E-state index < -0.39 is 0 Å². The molecule has 3 aliphatic carbocycles. The van der Waals surface area contributed by atoms with Crippen molar-refractivity contribution in [3.05, 3.63) is 88.5 Å². The third-order valence-corrected chi connectivity index (χ3v) is 5.29. The van der Waals surface area contributed by atoms with E-state index in [1.165, 1.54) is 35.1 Å². The van der Waals surface area contributed by atoms with E-state index in [1.54, 1.807) is 11.1 Å². The maximum absolute atomic E-state index is 2.46. The van der Waals surface area contributed by atoms with Crippen molar-refractivity contribution < 1.29 is 0 Å². The van der Waals surface area contributed by atoms with Crippen LogP contribution in [0.25, 0.3) is 5.57 Å². The highest BCUT2D eigenvalue weighted by atomic mass is 14.5. The van der Waals surface area contributed by atoms with Crippen molar-refractivity contribution in [2.45, 2.75) is 52.4 Å². The van der Waals surface area contributed by atoms with E-state index in [0.717, 1.165) is 6.42 Å². The molecular formula is C24H28. The maximum Gasteiger partial charge on any atom is 0.0292 e. The molecule has 0 aliphatic heterocycles. The van der Waals surface area contributed by atoms with Gasteiger partial charge < -0.3 is 0 Å². The zero-order chi connectivity index (χ0) is 17.2. The van der Waals surface area contributed by atoms with Crippen molar-refractivity contribution in [3.8, 4) is 0 Å². The second-order valence-electron chi connectivity index (χ2n) is 6.22. The Kier molecular flexibility index (Phi) is 4.76. The molecule has 0 N–H and O–H groups in total. The van der Waals surface area contributed by atoms with Gasteiger partial charge in [0.05, 0.1) is 0 Å². The van der Waals surface area contributed by atoms with Crippen molar-refractivity contribution in [2.75, 3.05) is 0 Å². The first kappa shape index (κ1) is 16.8. The Morgan fingerprint density at radius 2 is 1.29 bits per heavy atom. The lowest BCUT2D eigenvalue weighted by Crippen LogP contribution is -2.25. The third kappa shape index (κ3) is 2.28. The van der Waals surface area contributed by atoms with E-state index in [4.69, 9.17) is 0 Å². The summed E-state index contributed by atoms with van der Waals surface area (Å²) in [7, 11) is 0. The molecule has 0 heteroatoms. The lowest BCUT2D eigenvalue weighted by molar-refractivity contribution is 0.563. The predicted molar refractivity (Wildman–Crippen MR) is 105 cm³/mol. The number of rotatable bonds is 0. The monoisotopic (exact) mass is 316 g/mol. The minimum absolute atomic E-state index is 0.225. The molecule has 2 aromatic carbocycles. The van der Waals surface area contributed by atoms with Gasteiger partial charge in [-0.05, 0) is 52.7 Å². The van der Waals surface area contributed by atoms with Crippen LogP contribution in [0.15, 0.2) is 66.3 Å². The summed E-state index contributed by atoms with van der Waals surface area (Å²) in [6, 6.07) is 18.0. The molecule has 24 heavy (non-hydrogen) atoms. The minimum atomic E-state index is 0.225. The molecule has 0 saturated heterocycles. The highest BCUT2D eigenvalue weighted by Gasteiger charge is 2.49. The summed E-state index contributed by atoms with van der Waals surface area (Å²) in [6.07, 6.45) is 8.32. The van der Waals surface area contributed by atoms with Crippen LogP contribution in [0, 0.1) is 0 Å². The molecule has 0 saturated carbocycles. The SMILES string of the molecule is C1=C2C(=CC1)C1(Cc3ccccc3C1)c1ccccc12.CC.CC. The zero-order valence-corrected chi connectivity index (χ0v) is 15.4. The van der Waals surface area contributed by atoms with Crippen LogP contribution in [-0.4, -0.2) is 0 Å². The number of allylic oxidation sites excluding steroid dienone is 4. The van der Waals surface area contributed by atoms with Gasteiger partial charge in [0.1, 0.15) is 0 Å².